The van der Waals surface area contributed by atoms with E-state index in [1.54, 1.807) is 11.3 Å². The van der Waals surface area contributed by atoms with E-state index in [1.807, 2.05) is 17.5 Å². The predicted octanol–water partition coefficient (Wildman–Crippen LogP) is 1.66. The maximum absolute atomic E-state index is 13.1. The molecule has 1 aromatic heterocycles. The van der Waals surface area contributed by atoms with E-state index in [1.165, 1.54) is 12.1 Å². The van der Waals surface area contributed by atoms with Crippen LogP contribution in [0.2, 0.25) is 0 Å². The predicted molar refractivity (Wildman–Crippen MR) is 95.8 cm³/mol. The van der Waals surface area contributed by atoms with Gasteiger partial charge < -0.3 is 5.32 Å². The highest BCUT2D eigenvalue weighted by molar-refractivity contribution is 7.96. The van der Waals surface area contributed by atoms with E-state index in [9.17, 15) is 21.2 Å². The third-order valence-corrected chi connectivity index (χ3v) is 9.30. The van der Waals surface area contributed by atoms with Gasteiger partial charge in [-0.15, -0.1) is 11.3 Å². The number of nitrogens with one attached hydrogen (secondary N) is 1. The van der Waals surface area contributed by atoms with Gasteiger partial charge in [0.1, 0.15) is 5.82 Å². The minimum absolute atomic E-state index is 0.0546. The van der Waals surface area contributed by atoms with E-state index in [-0.39, 0.29) is 10.6 Å². The van der Waals surface area contributed by atoms with Crippen molar-refractivity contribution in [3.8, 4) is 0 Å². The van der Waals surface area contributed by atoms with Crippen LogP contribution in [0.5, 0.6) is 0 Å². The molecule has 0 radical (unpaired) electrons. The van der Waals surface area contributed by atoms with Crippen molar-refractivity contribution in [2.75, 3.05) is 18.1 Å². The molecule has 0 spiro atoms. The average molecular weight is 404 g/mol. The summed E-state index contributed by atoms with van der Waals surface area (Å²) in [5.41, 5.74) is 0. The second kappa shape index (κ2) is 7.14. The molecule has 1 fully saturated rings. The second-order valence-corrected chi connectivity index (χ2v) is 11.4. The van der Waals surface area contributed by atoms with Gasteiger partial charge in [0.05, 0.1) is 21.7 Å². The smallest absolute Gasteiger partial charge is 0.183 e. The topological polar surface area (TPSA) is 80.3 Å². The lowest BCUT2D eigenvalue weighted by Gasteiger charge is -2.20. The molecule has 1 N–H and O–H groups in total. The fourth-order valence-electron chi connectivity index (χ4n) is 2.95. The monoisotopic (exact) mass is 403 g/mol. The molecule has 0 bridgehead atoms. The van der Waals surface area contributed by atoms with Crippen LogP contribution in [0.15, 0.2) is 46.7 Å². The Balaban J connectivity index is 1.77. The van der Waals surface area contributed by atoms with E-state index in [4.69, 9.17) is 0 Å². The number of hydrogen-bond donors (Lipinski definition) is 1. The Hall–Kier alpha value is -1.29. The van der Waals surface area contributed by atoms with Gasteiger partial charge in [-0.1, -0.05) is 6.07 Å². The van der Waals surface area contributed by atoms with Crippen LogP contribution in [0.4, 0.5) is 4.39 Å². The summed E-state index contributed by atoms with van der Waals surface area (Å²) in [4.78, 5) is 1.09. The highest BCUT2D eigenvalue weighted by atomic mass is 32.2. The highest BCUT2D eigenvalue weighted by Gasteiger charge is 2.45. The molecule has 1 aliphatic rings. The Morgan fingerprint density at radius 2 is 1.88 bits per heavy atom. The zero-order valence-corrected chi connectivity index (χ0v) is 15.7. The van der Waals surface area contributed by atoms with Gasteiger partial charge in [-0.25, -0.2) is 21.2 Å². The van der Waals surface area contributed by atoms with Gasteiger partial charge in [-0.3, -0.25) is 0 Å². The first-order chi connectivity index (χ1) is 11.8. The summed E-state index contributed by atoms with van der Waals surface area (Å²) in [5, 5.41) is 3.98. The molecule has 3 rings (SSSR count). The lowest BCUT2D eigenvalue weighted by molar-refractivity contribution is 0.529. The fourth-order valence-corrected chi connectivity index (χ4v) is 8.37. The van der Waals surface area contributed by atoms with Crippen LogP contribution < -0.4 is 5.32 Å². The van der Waals surface area contributed by atoms with Crippen LogP contribution in [0.25, 0.3) is 0 Å². The number of thiophene rings is 1. The molecule has 0 aliphatic carbocycles. The largest absolute Gasteiger partial charge is 0.311 e. The molecular formula is C16H18FNO4S3. The molecule has 1 aliphatic heterocycles. The number of sulfone groups is 2. The molecule has 136 valence electrons. The van der Waals surface area contributed by atoms with Gasteiger partial charge in [0, 0.05) is 17.5 Å². The quantitative estimate of drug-likeness (QED) is 0.742. The van der Waals surface area contributed by atoms with E-state index in [2.05, 4.69) is 5.32 Å². The Bertz CT molecular complexity index is 922. The first kappa shape index (κ1) is 18.5. The van der Waals surface area contributed by atoms with Crippen LogP contribution >= 0.6 is 11.3 Å². The maximum Gasteiger partial charge on any atom is 0.183 e. The van der Waals surface area contributed by atoms with Gasteiger partial charge in [-0.2, -0.15) is 0 Å². The molecule has 2 heterocycles. The Kier molecular flexibility index (Phi) is 5.29. The van der Waals surface area contributed by atoms with Crippen molar-refractivity contribution >= 4 is 31.0 Å². The number of rotatable bonds is 6. The molecule has 5 nitrogen and oxygen atoms in total. The molecular weight excluding hydrogens is 385 g/mol. The minimum Gasteiger partial charge on any atom is -0.311 e. The normalized spacial score (nSPS) is 22.9. The fraction of sp³-hybridized carbons (Fsp3) is 0.375. The van der Waals surface area contributed by atoms with Crippen molar-refractivity contribution in [1.29, 1.82) is 0 Å². The minimum atomic E-state index is -3.87. The summed E-state index contributed by atoms with van der Waals surface area (Å²) in [5.74, 6) is -1.16. The maximum atomic E-state index is 13.1. The molecule has 0 saturated carbocycles. The summed E-state index contributed by atoms with van der Waals surface area (Å²) in [6, 6.07) is 7.73. The lowest BCUT2D eigenvalue weighted by Crippen LogP contribution is -2.44. The van der Waals surface area contributed by atoms with Crippen LogP contribution in [0.1, 0.15) is 4.88 Å². The molecule has 1 saturated heterocycles. The lowest BCUT2D eigenvalue weighted by atomic mass is 10.2. The van der Waals surface area contributed by atoms with Gasteiger partial charge in [-0.05, 0) is 42.1 Å². The highest BCUT2D eigenvalue weighted by Crippen LogP contribution is 2.26. The Morgan fingerprint density at radius 3 is 2.52 bits per heavy atom. The summed E-state index contributed by atoms with van der Waals surface area (Å²) in [6.07, 6.45) is 0.706. The second-order valence-electron chi connectivity index (χ2n) is 6.00. The van der Waals surface area contributed by atoms with E-state index >= 15 is 0 Å². The van der Waals surface area contributed by atoms with E-state index in [0.29, 0.717) is 13.0 Å². The summed E-state index contributed by atoms with van der Waals surface area (Å²) in [7, 11) is -7.31. The summed E-state index contributed by atoms with van der Waals surface area (Å²) >= 11 is 1.60. The zero-order valence-electron chi connectivity index (χ0n) is 13.3. The molecule has 9 heteroatoms. The molecule has 2 atom stereocenters. The van der Waals surface area contributed by atoms with Crippen molar-refractivity contribution in [3.05, 3.63) is 52.5 Å². The number of halogens is 1. The molecule has 25 heavy (non-hydrogen) atoms. The number of benzene rings is 1. The van der Waals surface area contributed by atoms with Gasteiger partial charge in [0.25, 0.3) is 0 Å². The molecule has 1 aromatic carbocycles. The van der Waals surface area contributed by atoms with Crippen LogP contribution in [-0.4, -0.2) is 46.2 Å². The zero-order chi connectivity index (χ0) is 18.1. The first-order valence-electron chi connectivity index (χ1n) is 7.73. The van der Waals surface area contributed by atoms with E-state index in [0.717, 1.165) is 17.0 Å². The van der Waals surface area contributed by atoms with Crippen LogP contribution in [0.3, 0.4) is 0 Å². The van der Waals surface area contributed by atoms with Crippen LogP contribution in [-0.2, 0) is 26.1 Å². The molecule has 0 amide bonds. The number of hydrogen-bond acceptors (Lipinski definition) is 6. The standard InChI is InChI=1S/C16H18FNO4S3/c17-12-3-5-14(6-4-12)25(21,22)16-11-24(19,20)10-15(16)18-8-7-13-2-1-9-23-13/h1-6,9,15-16,18H,7-8,10-11H2/t15-,16-/m0/s1. The van der Waals surface area contributed by atoms with Crippen molar-refractivity contribution in [2.24, 2.45) is 0 Å². The average Bonchev–Trinajstić information content (AvgIpc) is 3.15. The van der Waals surface area contributed by atoms with Crippen LogP contribution in [0, 0.1) is 5.82 Å². The Morgan fingerprint density at radius 1 is 1.16 bits per heavy atom. The van der Waals surface area contributed by atoms with Crippen molar-refractivity contribution in [2.45, 2.75) is 22.6 Å². The van der Waals surface area contributed by atoms with Crippen molar-refractivity contribution in [1.82, 2.24) is 5.32 Å². The Labute approximate surface area is 150 Å². The third-order valence-electron chi connectivity index (χ3n) is 4.20. The molecule has 0 unspecified atom stereocenters. The summed E-state index contributed by atoms with van der Waals surface area (Å²) in [6.45, 7) is 0.496. The summed E-state index contributed by atoms with van der Waals surface area (Å²) < 4.78 is 62.7. The first-order valence-corrected chi connectivity index (χ1v) is 12.0. The van der Waals surface area contributed by atoms with Crippen molar-refractivity contribution < 1.29 is 21.2 Å². The molecule has 2 aromatic rings. The third kappa shape index (κ3) is 4.28. The van der Waals surface area contributed by atoms with Crippen molar-refractivity contribution in [3.63, 3.8) is 0 Å². The van der Waals surface area contributed by atoms with E-state index < -0.39 is 42.5 Å². The van der Waals surface area contributed by atoms with Gasteiger partial charge in [0.15, 0.2) is 19.7 Å². The van der Waals surface area contributed by atoms with Gasteiger partial charge >= 0.3 is 0 Å². The SMILES string of the molecule is O=S1(=O)C[C@H](NCCc2cccs2)[C@@H](S(=O)(=O)c2ccc(F)cc2)C1. The van der Waals surface area contributed by atoms with Gasteiger partial charge in [0.2, 0.25) is 0 Å².